The zero-order valence-corrected chi connectivity index (χ0v) is 8.42. The third-order valence-electron chi connectivity index (χ3n) is 2.77. The summed E-state index contributed by atoms with van der Waals surface area (Å²) in [7, 11) is 0. The van der Waals surface area contributed by atoms with E-state index in [9.17, 15) is 0 Å². The second-order valence-corrected chi connectivity index (χ2v) is 3.77. The van der Waals surface area contributed by atoms with Gasteiger partial charge in [-0.2, -0.15) is 0 Å². The van der Waals surface area contributed by atoms with Crippen molar-refractivity contribution in [1.29, 1.82) is 5.41 Å². The van der Waals surface area contributed by atoms with Crippen LogP contribution in [-0.4, -0.2) is 35.5 Å². The minimum absolute atomic E-state index is 0.290. The summed E-state index contributed by atoms with van der Waals surface area (Å²) in [5.41, 5.74) is 0. The molecule has 0 aromatic carbocycles. The smallest absolute Gasteiger partial charge is 0.0954 e. The van der Waals surface area contributed by atoms with Gasteiger partial charge in [-0.3, -0.25) is 5.41 Å². The zero-order valence-electron chi connectivity index (χ0n) is 8.42. The fourth-order valence-corrected chi connectivity index (χ4v) is 1.95. The second-order valence-electron chi connectivity index (χ2n) is 3.77. The first kappa shape index (κ1) is 10.5. The van der Waals surface area contributed by atoms with E-state index < -0.39 is 0 Å². The predicted octanol–water partition coefficient (Wildman–Crippen LogP) is 1.47. The summed E-state index contributed by atoms with van der Waals surface area (Å²) < 4.78 is 0. The number of aliphatic hydroxyl groups excluding tert-OH is 1. The van der Waals surface area contributed by atoms with E-state index in [0.717, 1.165) is 31.8 Å². The van der Waals surface area contributed by atoms with Gasteiger partial charge in [0.05, 0.1) is 5.84 Å². The van der Waals surface area contributed by atoms with Crippen LogP contribution in [0.25, 0.3) is 0 Å². The van der Waals surface area contributed by atoms with Gasteiger partial charge in [-0.1, -0.05) is 6.92 Å². The molecule has 0 amide bonds. The normalized spacial score (nSPS) is 23.2. The molecule has 1 aliphatic heterocycles. The first-order chi connectivity index (χ1) is 6.27. The van der Waals surface area contributed by atoms with E-state index in [1.165, 1.54) is 12.8 Å². The Morgan fingerprint density at radius 3 is 3.00 bits per heavy atom. The number of piperidine rings is 1. The molecule has 0 aromatic rings. The van der Waals surface area contributed by atoms with Crippen molar-refractivity contribution in [3.05, 3.63) is 0 Å². The summed E-state index contributed by atoms with van der Waals surface area (Å²) in [5, 5.41) is 16.5. The minimum Gasteiger partial charge on any atom is -0.396 e. The first-order valence-electron chi connectivity index (χ1n) is 5.21. The largest absolute Gasteiger partial charge is 0.396 e. The number of rotatable bonds is 3. The van der Waals surface area contributed by atoms with Gasteiger partial charge in [0.15, 0.2) is 0 Å². The molecule has 0 saturated carbocycles. The number of hydrogen-bond acceptors (Lipinski definition) is 2. The molecule has 1 fully saturated rings. The third kappa shape index (κ3) is 2.99. The number of amidine groups is 1. The Morgan fingerprint density at radius 2 is 2.38 bits per heavy atom. The number of hydrogen-bond donors (Lipinski definition) is 2. The van der Waals surface area contributed by atoms with Crippen molar-refractivity contribution >= 4 is 5.84 Å². The molecule has 76 valence electrons. The van der Waals surface area contributed by atoms with E-state index in [0.29, 0.717) is 5.92 Å². The molecule has 1 aliphatic rings. The van der Waals surface area contributed by atoms with Crippen LogP contribution in [0.3, 0.4) is 0 Å². The Hall–Kier alpha value is -0.570. The van der Waals surface area contributed by atoms with Crippen LogP contribution >= 0.6 is 0 Å². The minimum atomic E-state index is 0.290. The van der Waals surface area contributed by atoms with Crippen LogP contribution in [0.2, 0.25) is 0 Å². The fourth-order valence-electron chi connectivity index (χ4n) is 1.95. The summed E-state index contributed by atoms with van der Waals surface area (Å²) in [6.45, 7) is 4.33. The second kappa shape index (κ2) is 5.22. The third-order valence-corrected chi connectivity index (χ3v) is 2.77. The Balaban J connectivity index is 2.37. The molecule has 0 bridgehead atoms. The molecule has 1 rings (SSSR count). The van der Waals surface area contributed by atoms with Gasteiger partial charge in [0.2, 0.25) is 0 Å². The number of nitrogens with zero attached hydrogens (tertiary/aromatic N) is 1. The molecule has 1 saturated heterocycles. The maximum Gasteiger partial charge on any atom is 0.0954 e. The number of likely N-dealkylation sites (tertiary alicyclic amines) is 1. The van der Waals surface area contributed by atoms with Crippen LogP contribution in [0.4, 0.5) is 0 Å². The quantitative estimate of drug-likeness (QED) is 0.515. The molecule has 13 heavy (non-hydrogen) atoms. The molecule has 0 radical (unpaired) electrons. The topological polar surface area (TPSA) is 47.3 Å². The molecular formula is C10H20N2O. The molecule has 1 unspecified atom stereocenters. The van der Waals surface area contributed by atoms with Crippen molar-refractivity contribution in [2.24, 2.45) is 5.92 Å². The summed E-state index contributed by atoms with van der Waals surface area (Å²) in [6.07, 6.45) is 4.11. The molecule has 0 aromatic heterocycles. The lowest BCUT2D eigenvalue weighted by Gasteiger charge is -2.34. The molecule has 2 N–H and O–H groups in total. The average Bonchev–Trinajstić information content (AvgIpc) is 2.18. The van der Waals surface area contributed by atoms with E-state index >= 15 is 0 Å². The predicted molar refractivity (Wildman–Crippen MR) is 54.0 cm³/mol. The fraction of sp³-hybridized carbons (Fsp3) is 0.900. The highest BCUT2D eigenvalue weighted by Gasteiger charge is 2.20. The van der Waals surface area contributed by atoms with Gasteiger partial charge in [-0.15, -0.1) is 0 Å². The van der Waals surface area contributed by atoms with Gasteiger partial charge in [-0.25, -0.2) is 0 Å². The molecule has 3 nitrogen and oxygen atoms in total. The molecule has 0 aliphatic carbocycles. The standard InChI is InChI=1S/C10H20N2O/c1-2-10(11)12-6-3-4-9(8-12)5-7-13/h9,11,13H,2-8H2,1H3. The van der Waals surface area contributed by atoms with Crippen LogP contribution in [-0.2, 0) is 0 Å². The first-order valence-corrected chi connectivity index (χ1v) is 5.21. The van der Waals surface area contributed by atoms with Crippen molar-refractivity contribution in [2.45, 2.75) is 32.6 Å². The van der Waals surface area contributed by atoms with Gasteiger partial charge in [0, 0.05) is 26.1 Å². The van der Waals surface area contributed by atoms with Crippen molar-refractivity contribution in [2.75, 3.05) is 19.7 Å². The molecule has 1 atom stereocenters. The summed E-state index contributed by atoms with van der Waals surface area (Å²) in [5.74, 6) is 1.35. The van der Waals surface area contributed by atoms with Crippen molar-refractivity contribution in [3.63, 3.8) is 0 Å². The van der Waals surface area contributed by atoms with Crippen LogP contribution < -0.4 is 0 Å². The van der Waals surface area contributed by atoms with Gasteiger partial charge in [0.25, 0.3) is 0 Å². The highest BCUT2D eigenvalue weighted by atomic mass is 16.3. The average molecular weight is 184 g/mol. The van der Waals surface area contributed by atoms with Gasteiger partial charge < -0.3 is 10.0 Å². The van der Waals surface area contributed by atoms with E-state index in [2.05, 4.69) is 4.90 Å². The Kier molecular flexibility index (Phi) is 4.22. The van der Waals surface area contributed by atoms with E-state index in [-0.39, 0.29) is 6.61 Å². The lowest BCUT2D eigenvalue weighted by Crippen LogP contribution is -2.39. The number of nitrogens with one attached hydrogen (secondary N) is 1. The van der Waals surface area contributed by atoms with Crippen LogP contribution in [0, 0.1) is 11.3 Å². The maximum atomic E-state index is 8.83. The van der Waals surface area contributed by atoms with Gasteiger partial charge >= 0.3 is 0 Å². The lowest BCUT2D eigenvalue weighted by molar-refractivity contribution is 0.196. The maximum absolute atomic E-state index is 8.83. The number of aliphatic hydroxyl groups is 1. The summed E-state index contributed by atoms with van der Waals surface area (Å²) in [6, 6.07) is 0. The van der Waals surface area contributed by atoms with Crippen LogP contribution in [0.15, 0.2) is 0 Å². The molecular weight excluding hydrogens is 164 g/mol. The van der Waals surface area contributed by atoms with E-state index in [4.69, 9.17) is 10.5 Å². The monoisotopic (exact) mass is 184 g/mol. The highest BCUT2D eigenvalue weighted by Crippen LogP contribution is 2.19. The van der Waals surface area contributed by atoms with Crippen molar-refractivity contribution < 1.29 is 5.11 Å². The molecule has 1 heterocycles. The SMILES string of the molecule is CCC(=N)N1CCCC(CCO)C1. The summed E-state index contributed by atoms with van der Waals surface area (Å²) in [4.78, 5) is 2.16. The molecule has 0 spiro atoms. The van der Waals surface area contributed by atoms with Crippen molar-refractivity contribution in [3.8, 4) is 0 Å². The van der Waals surface area contributed by atoms with Crippen LogP contribution in [0.5, 0.6) is 0 Å². The Labute approximate surface area is 80.3 Å². The Bertz CT molecular complexity index is 168. The Morgan fingerprint density at radius 1 is 1.62 bits per heavy atom. The van der Waals surface area contributed by atoms with Gasteiger partial charge in [-0.05, 0) is 25.2 Å². The van der Waals surface area contributed by atoms with Gasteiger partial charge in [0.1, 0.15) is 0 Å². The summed E-state index contributed by atoms with van der Waals surface area (Å²) >= 11 is 0. The van der Waals surface area contributed by atoms with E-state index in [1.807, 2.05) is 6.92 Å². The van der Waals surface area contributed by atoms with Crippen molar-refractivity contribution in [1.82, 2.24) is 4.90 Å². The van der Waals surface area contributed by atoms with Crippen LogP contribution in [0.1, 0.15) is 32.6 Å². The van der Waals surface area contributed by atoms with E-state index in [1.54, 1.807) is 0 Å². The zero-order chi connectivity index (χ0) is 9.68. The highest BCUT2D eigenvalue weighted by molar-refractivity contribution is 5.78. The lowest BCUT2D eigenvalue weighted by atomic mass is 9.95. The molecule has 3 heteroatoms.